The lowest BCUT2D eigenvalue weighted by molar-refractivity contribution is -0.840. The molecule has 0 fully saturated rings. The molecule has 0 saturated carbocycles. The average Bonchev–Trinajstić information content (AvgIpc) is 2.47. The summed E-state index contributed by atoms with van der Waals surface area (Å²) in [5, 5.41) is 19.8. The van der Waals surface area contributed by atoms with Gasteiger partial charge in [-0.3, -0.25) is 14.4 Å². The van der Waals surface area contributed by atoms with Gasteiger partial charge in [0, 0.05) is 0 Å². The van der Waals surface area contributed by atoms with Gasteiger partial charge in [-0.2, -0.15) is 0 Å². The predicted molar refractivity (Wildman–Crippen MR) is 97.5 cm³/mol. The second kappa shape index (κ2) is 11.2. The highest BCUT2D eigenvalue weighted by Crippen LogP contribution is 2.07. The summed E-state index contributed by atoms with van der Waals surface area (Å²) in [7, 11) is 4.83. The van der Waals surface area contributed by atoms with Gasteiger partial charge < -0.3 is 25.8 Å². The minimum atomic E-state index is -0.719. The highest BCUT2D eigenvalue weighted by molar-refractivity contribution is 5.91. The van der Waals surface area contributed by atoms with Crippen LogP contribution in [-0.4, -0.2) is 68.6 Å². The maximum atomic E-state index is 12.4. The maximum absolute atomic E-state index is 12.4. The van der Waals surface area contributed by atoms with E-state index in [1.54, 1.807) is 21.1 Å². The van der Waals surface area contributed by atoms with Crippen molar-refractivity contribution in [3.63, 3.8) is 0 Å². The fourth-order valence-electron chi connectivity index (χ4n) is 2.47. The van der Waals surface area contributed by atoms with Gasteiger partial charge in [-0.25, -0.2) is 0 Å². The van der Waals surface area contributed by atoms with Crippen molar-refractivity contribution in [1.82, 2.24) is 16.0 Å². The molecule has 8 heteroatoms. The van der Waals surface area contributed by atoms with Crippen LogP contribution in [0.1, 0.15) is 40.0 Å². The summed E-state index contributed by atoms with van der Waals surface area (Å²) in [6, 6.07) is -1.12. The molecule has 0 heterocycles. The SMILES string of the molecule is CN[C@H](C(=O)N[C@@H](CCCC[N+](C)(C)[O-])C(=O)NCC(C)=O)C(C)C. The van der Waals surface area contributed by atoms with Crippen molar-refractivity contribution in [3.05, 3.63) is 5.21 Å². The first-order valence-electron chi connectivity index (χ1n) is 8.76. The Morgan fingerprint density at radius 2 is 1.68 bits per heavy atom. The molecule has 0 aromatic rings. The summed E-state index contributed by atoms with van der Waals surface area (Å²) in [5.74, 6) is -0.706. The number of nitrogens with one attached hydrogen (secondary N) is 3. The van der Waals surface area contributed by atoms with Gasteiger partial charge in [-0.05, 0) is 39.2 Å². The lowest BCUT2D eigenvalue weighted by Crippen LogP contribution is -2.54. The Morgan fingerprint density at radius 3 is 2.12 bits per heavy atom. The van der Waals surface area contributed by atoms with E-state index >= 15 is 0 Å². The lowest BCUT2D eigenvalue weighted by Gasteiger charge is -2.33. The molecule has 0 spiro atoms. The van der Waals surface area contributed by atoms with Crippen molar-refractivity contribution < 1.29 is 19.0 Å². The van der Waals surface area contributed by atoms with Crippen molar-refractivity contribution in [3.8, 4) is 0 Å². The molecule has 0 bridgehead atoms. The molecule has 3 N–H and O–H groups in total. The highest BCUT2D eigenvalue weighted by atomic mass is 16.5. The Morgan fingerprint density at radius 1 is 1.08 bits per heavy atom. The van der Waals surface area contributed by atoms with Gasteiger partial charge in [0.25, 0.3) is 0 Å². The van der Waals surface area contributed by atoms with E-state index in [-0.39, 0.29) is 34.7 Å². The molecule has 0 aromatic heterocycles. The average molecular weight is 358 g/mol. The fraction of sp³-hybridized carbons (Fsp3) is 0.824. The zero-order valence-corrected chi connectivity index (χ0v) is 16.3. The number of quaternary nitrogens is 1. The largest absolute Gasteiger partial charge is 0.633 e. The van der Waals surface area contributed by atoms with Gasteiger partial charge in [-0.1, -0.05) is 13.8 Å². The van der Waals surface area contributed by atoms with Gasteiger partial charge in [0.15, 0.2) is 0 Å². The molecule has 0 aromatic carbocycles. The van der Waals surface area contributed by atoms with Crippen LogP contribution in [0, 0.1) is 11.1 Å². The standard InChI is InChI=1S/C17H34N4O4/c1-12(2)15(18-4)17(24)20-14(16(23)19-11-13(3)22)9-7-8-10-21(5,6)25/h12,14-15,18H,7-11H2,1-6H3,(H,19,23)(H,20,24)/t14-,15-/m0/s1. The van der Waals surface area contributed by atoms with Crippen molar-refractivity contribution >= 4 is 17.6 Å². The number of unbranched alkanes of at least 4 members (excludes halogenated alkanes) is 1. The summed E-state index contributed by atoms with van der Waals surface area (Å²) in [4.78, 5) is 35.7. The minimum Gasteiger partial charge on any atom is -0.633 e. The molecular weight excluding hydrogens is 324 g/mol. The van der Waals surface area contributed by atoms with E-state index in [9.17, 15) is 19.6 Å². The monoisotopic (exact) mass is 358 g/mol. The Balaban J connectivity index is 4.79. The summed E-state index contributed by atoms with van der Waals surface area (Å²) in [6.45, 7) is 5.60. The van der Waals surface area contributed by atoms with Crippen molar-refractivity contribution in [2.24, 2.45) is 5.92 Å². The van der Waals surface area contributed by atoms with Crippen LogP contribution in [-0.2, 0) is 14.4 Å². The maximum Gasteiger partial charge on any atom is 0.242 e. The molecule has 2 amide bonds. The summed E-state index contributed by atoms with van der Waals surface area (Å²) < 4.78 is -0.386. The third-order valence-corrected chi connectivity index (χ3v) is 3.84. The molecule has 0 aliphatic heterocycles. The Hall–Kier alpha value is -1.51. The second-order valence-corrected chi connectivity index (χ2v) is 7.28. The van der Waals surface area contributed by atoms with E-state index in [4.69, 9.17) is 0 Å². The quantitative estimate of drug-likeness (QED) is 0.262. The van der Waals surface area contributed by atoms with E-state index < -0.39 is 12.1 Å². The first-order chi connectivity index (χ1) is 11.5. The molecule has 8 nitrogen and oxygen atoms in total. The minimum absolute atomic E-state index is 0.0602. The number of hydroxylamine groups is 3. The molecule has 0 aliphatic rings. The lowest BCUT2D eigenvalue weighted by atomic mass is 10.0. The van der Waals surface area contributed by atoms with E-state index in [1.807, 2.05) is 13.8 Å². The molecule has 2 atom stereocenters. The van der Waals surface area contributed by atoms with Crippen molar-refractivity contribution in [2.45, 2.75) is 52.1 Å². The van der Waals surface area contributed by atoms with E-state index in [1.165, 1.54) is 6.92 Å². The number of hydrogen-bond donors (Lipinski definition) is 3. The molecule has 0 saturated heterocycles. The zero-order chi connectivity index (χ0) is 19.6. The molecule has 0 rings (SSSR count). The number of rotatable bonds is 12. The van der Waals surface area contributed by atoms with Crippen LogP contribution in [0.25, 0.3) is 0 Å². The first-order valence-corrected chi connectivity index (χ1v) is 8.76. The van der Waals surface area contributed by atoms with Crippen LogP contribution in [0.15, 0.2) is 0 Å². The summed E-state index contributed by atoms with van der Waals surface area (Å²) >= 11 is 0. The number of hydrogen-bond acceptors (Lipinski definition) is 5. The van der Waals surface area contributed by atoms with Gasteiger partial charge in [-0.15, -0.1) is 0 Å². The van der Waals surface area contributed by atoms with E-state index in [0.717, 1.165) is 0 Å². The number of likely N-dealkylation sites (N-methyl/N-ethyl adjacent to an activating group) is 1. The Labute approximate surface area is 150 Å². The van der Waals surface area contributed by atoms with Crippen LogP contribution in [0.2, 0.25) is 0 Å². The molecular formula is C17H34N4O4. The number of carbonyl (C=O) groups excluding carboxylic acids is 3. The van der Waals surface area contributed by atoms with Crippen LogP contribution >= 0.6 is 0 Å². The van der Waals surface area contributed by atoms with Crippen LogP contribution in [0.4, 0.5) is 0 Å². The molecule has 146 valence electrons. The summed E-state index contributed by atoms with van der Waals surface area (Å²) in [6.07, 6.45) is 1.71. The van der Waals surface area contributed by atoms with Crippen molar-refractivity contribution in [2.75, 3.05) is 34.2 Å². The normalized spacial score (nSPS) is 14.1. The number of amides is 2. The van der Waals surface area contributed by atoms with E-state index in [2.05, 4.69) is 16.0 Å². The smallest absolute Gasteiger partial charge is 0.242 e. The molecule has 25 heavy (non-hydrogen) atoms. The van der Waals surface area contributed by atoms with Crippen LogP contribution in [0.3, 0.4) is 0 Å². The first kappa shape index (κ1) is 23.5. The highest BCUT2D eigenvalue weighted by Gasteiger charge is 2.26. The van der Waals surface area contributed by atoms with E-state index in [0.29, 0.717) is 25.8 Å². The molecule has 0 radical (unpaired) electrons. The summed E-state index contributed by atoms with van der Waals surface area (Å²) in [5.41, 5.74) is 0. The third kappa shape index (κ3) is 10.9. The number of nitrogens with zero attached hydrogens (tertiary/aromatic N) is 1. The zero-order valence-electron chi connectivity index (χ0n) is 16.3. The number of ketones is 1. The molecule has 0 aliphatic carbocycles. The molecule has 0 unspecified atom stereocenters. The van der Waals surface area contributed by atoms with Gasteiger partial charge in [0.1, 0.15) is 11.8 Å². The predicted octanol–water partition coefficient (Wildman–Crippen LogP) is 0.165. The van der Waals surface area contributed by atoms with Gasteiger partial charge in [0.2, 0.25) is 11.8 Å². The van der Waals surface area contributed by atoms with Gasteiger partial charge >= 0.3 is 0 Å². The van der Waals surface area contributed by atoms with Crippen LogP contribution < -0.4 is 16.0 Å². The topological polar surface area (TPSA) is 110 Å². The number of carbonyl (C=O) groups is 3. The second-order valence-electron chi connectivity index (χ2n) is 7.28. The Kier molecular flexibility index (Phi) is 10.5. The Bertz CT molecular complexity index is 446. The fourth-order valence-corrected chi connectivity index (χ4v) is 2.47. The van der Waals surface area contributed by atoms with Gasteiger partial charge in [0.05, 0.1) is 33.2 Å². The third-order valence-electron chi connectivity index (χ3n) is 3.84. The number of Topliss-reactive ketones (excluding diaryl/α,β-unsaturated/α-hetero) is 1. The van der Waals surface area contributed by atoms with Crippen molar-refractivity contribution in [1.29, 1.82) is 0 Å². The van der Waals surface area contributed by atoms with Crippen LogP contribution in [0.5, 0.6) is 0 Å².